The molecule has 0 fully saturated rings. The Bertz CT molecular complexity index is 899. The maximum atomic E-state index is 5.94. The Kier molecular flexibility index (Phi) is 18.9. The largest absolute Gasteiger partial charge is 0.494 e. The second-order valence-corrected chi connectivity index (χ2v) is 11.5. The summed E-state index contributed by atoms with van der Waals surface area (Å²) in [5.74, 6) is 1.79. The number of benzene rings is 2. The first-order valence-corrected chi connectivity index (χ1v) is 16.9. The van der Waals surface area contributed by atoms with Crippen molar-refractivity contribution in [3.05, 3.63) is 48.5 Å². The predicted molar refractivity (Wildman–Crippen MR) is 175 cm³/mol. The molecule has 2 aromatic carbocycles. The molecule has 0 saturated heterocycles. The van der Waals surface area contributed by atoms with Crippen molar-refractivity contribution in [1.29, 1.82) is 0 Å². The molecule has 2 rings (SSSR count). The molecule has 0 heterocycles. The molecule has 0 aromatic heterocycles. The Morgan fingerprint density at radius 3 is 1.22 bits per heavy atom. The zero-order valence-electron chi connectivity index (χ0n) is 26.9. The van der Waals surface area contributed by atoms with Gasteiger partial charge in [-0.15, -0.1) is 0 Å². The van der Waals surface area contributed by atoms with Crippen LogP contribution in [0.2, 0.25) is 0 Å². The summed E-state index contributed by atoms with van der Waals surface area (Å²) in [6, 6.07) is 15.8. The molecule has 0 aliphatic carbocycles. The number of unbranched alkanes of at least 4 members (excludes halogenated alkanes) is 12. The van der Waals surface area contributed by atoms with E-state index in [1.165, 1.54) is 108 Å². The molecule has 0 aliphatic heterocycles. The molecule has 0 aliphatic rings. The first-order valence-electron chi connectivity index (χ1n) is 16.9. The van der Waals surface area contributed by atoms with Crippen LogP contribution in [0, 0.1) is 0 Å². The van der Waals surface area contributed by atoms with Gasteiger partial charge in [-0.3, -0.25) is 0 Å². The fourth-order valence-corrected chi connectivity index (χ4v) is 5.35. The van der Waals surface area contributed by atoms with Crippen molar-refractivity contribution >= 4 is 11.4 Å². The fraction of sp³-hybridized carbons (Fsp3) is 0.667. The summed E-state index contributed by atoms with van der Waals surface area (Å²) in [6.45, 7) is 15.8. The molecule has 2 aromatic rings. The average Bonchev–Trinajstić information content (AvgIpc) is 3.02. The van der Waals surface area contributed by atoms with Gasteiger partial charge in [0, 0.05) is 0 Å². The van der Waals surface area contributed by atoms with Crippen LogP contribution in [0.3, 0.4) is 0 Å². The van der Waals surface area contributed by atoms with Crippen LogP contribution in [-0.2, 0) is 0 Å². The molecule has 0 spiro atoms. The van der Waals surface area contributed by atoms with Crippen LogP contribution >= 0.6 is 0 Å². The van der Waals surface area contributed by atoms with Gasteiger partial charge in [0.15, 0.2) is 0 Å². The Hall–Kier alpha value is -2.40. The van der Waals surface area contributed by atoms with Crippen LogP contribution in [-0.4, -0.2) is 43.9 Å². The van der Waals surface area contributed by atoms with E-state index in [1.807, 2.05) is 48.5 Å². The van der Waals surface area contributed by atoms with Gasteiger partial charge in [-0.2, -0.15) is 10.2 Å². The van der Waals surface area contributed by atoms with Crippen molar-refractivity contribution < 1.29 is 14.0 Å². The molecule has 0 amide bonds. The van der Waals surface area contributed by atoms with E-state index in [4.69, 9.17) is 9.47 Å². The Balaban J connectivity index is 1.55. The summed E-state index contributed by atoms with van der Waals surface area (Å²) in [5, 5.41) is 8.75. The summed E-state index contributed by atoms with van der Waals surface area (Å²) >= 11 is 0. The standard InChI is InChI=1S/C36H60N3O2/c1-5-9-10-11-12-13-14-15-17-20-31-40-35-26-22-33(23-27-35)37-38-34-24-28-36(29-25-34)41-32-21-18-16-19-30-39(6-2,7-3)8-4/h22-29H,5-21,30-32H2,1-4H3/q+1. The van der Waals surface area contributed by atoms with Crippen molar-refractivity contribution in [3.8, 4) is 11.5 Å². The monoisotopic (exact) mass is 566 g/mol. The van der Waals surface area contributed by atoms with Gasteiger partial charge in [0.25, 0.3) is 0 Å². The van der Waals surface area contributed by atoms with Gasteiger partial charge < -0.3 is 14.0 Å². The van der Waals surface area contributed by atoms with Crippen molar-refractivity contribution in [3.63, 3.8) is 0 Å². The highest BCUT2D eigenvalue weighted by Gasteiger charge is 2.19. The smallest absolute Gasteiger partial charge is 0.119 e. The minimum Gasteiger partial charge on any atom is -0.494 e. The van der Waals surface area contributed by atoms with Crippen LogP contribution < -0.4 is 9.47 Å². The second kappa shape index (κ2) is 22.2. The first-order chi connectivity index (χ1) is 20.1. The van der Waals surface area contributed by atoms with Crippen LogP contribution in [0.25, 0.3) is 0 Å². The van der Waals surface area contributed by atoms with Gasteiger partial charge in [0.1, 0.15) is 11.5 Å². The van der Waals surface area contributed by atoms with Crippen LogP contribution in [0.1, 0.15) is 118 Å². The van der Waals surface area contributed by atoms with E-state index in [0.717, 1.165) is 48.9 Å². The first kappa shape index (κ1) is 34.8. The Morgan fingerprint density at radius 2 is 0.829 bits per heavy atom. The van der Waals surface area contributed by atoms with Crippen LogP contribution in [0.4, 0.5) is 11.4 Å². The molecular formula is C36H60N3O2+. The van der Waals surface area contributed by atoms with Gasteiger partial charge in [-0.1, -0.05) is 64.7 Å². The third-order valence-corrected chi connectivity index (χ3v) is 8.53. The van der Waals surface area contributed by atoms with Crippen molar-refractivity contribution in [2.24, 2.45) is 10.2 Å². The number of rotatable bonds is 25. The van der Waals surface area contributed by atoms with Crippen molar-refractivity contribution in [2.45, 2.75) is 118 Å². The lowest BCUT2D eigenvalue weighted by Gasteiger charge is -2.35. The maximum Gasteiger partial charge on any atom is 0.119 e. The molecule has 0 saturated carbocycles. The molecular weight excluding hydrogens is 506 g/mol. The minimum atomic E-state index is 0.768. The lowest BCUT2D eigenvalue weighted by atomic mass is 10.1. The third kappa shape index (κ3) is 15.4. The van der Waals surface area contributed by atoms with E-state index in [2.05, 4.69) is 37.9 Å². The molecule has 0 atom stereocenters. The van der Waals surface area contributed by atoms with Crippen LogP contribution in [0.15, 0.2) is 58.8 Å². The minimum absolute atomic E-state index is 0.768. The van der Waals surface area contributed by atoms with E-state index >= 15 is 0 Å². The van der Waals surface area contributed by atoms with E-state index in [1.54, 1.807) is 0 Å². The summed E-state index contributed by atoms with van der Waals surface area (Å²) in [7, 11) is 0. The molecule has 5 heteroatoms. The summed E-state index contributed by atoms with van der Waals surface area (Å²) in [5.41, 5.74) is 1.65. The molecule has 0 radical (unpaired) electrons. The molecule has 0 N–H and O–H groups in total. The second-order valence-electron chi connectivity index (χ2n) is 11.5. The Labute approximate surface area is 252 Å². The van der Waals surface area contributed by atoms with Crippen molar-refractivity contribution in [2.75, 3.05) is 39.4 Å². The van der Waals surface area contributed by atoms with Gasteiger partial charge in [-0.25, -0.2) is 0 Å². The van der Waals surface area contributed by atoms with E-state index in [0.29, 0.717) is 0 Å². The molecule has 0 unspecified atom stereocenters. The average molecular weight is 567 g/mol. The zero-order chi connectivity index (χ0) is 29.4. The van der Waals surface area contributed by atoms with E-state index in [9.17, 15) is 0 Å². The number of hydrogen-bond acceptors (Lipinski definition) is 4. The SMILES string of the molecule is CCCCCCCCCCCCOc1ccc(N=Nc2ccc(OCCCCCC[N+](CC)(CC)CC)cc2)cc1. The number of azo groups is 1. The normalized spacial score (nSPS) is 11.8. The third-order valence-electron chi connectivity index (χ3n) is 8.53. The lowest BCUT2D eigenvalue weighted by molar-refractivity contribution is -0.923. The fourth-order valence-electron chi connectivity index (χ4n) is 5.35. The molecule has 41 heavy (non-hydrogen) atoms. The Morgan fingerprint density at radius 1 is 0.463 bits per heavy atom. The predicted octanol–water partition coefficient (Wildman–Crippen LogP) is 11.2. The van der Waals surface area contributed by atoms with Gasteiger partial charge in [0.2, 0.25) is 0 Å². The van der Waals surface area contributed by atoms with Crippen molar-refractivity contribution in [1.82, 2.24) is 0 Å². The quantitative estimate of drug-likeness (QED) is 0.0681. The maximum absolute atomic E-state index is 5.94. The highest BCUT2D eigenvalue weighted by molar-refractivity contribution is 5.44. The van der Waals surface area contributed by atoms with E-state index < -0.39 is 0 Å². The van der Waals surface area contributed by atoms with Crippen LogP contribution in [0.5, 0.6) is 11.5 Å². The zero-order valence-corrected chi connectivity index (χ0v) is 26.9. The summed E-state index contributed by atoms with van der Waals surface area (Å²) < 4.78 is 13.1. The summed E-state index contributed by atoms with van der Waals surface area (Å²) in [4.78, 5) is 0. The molecule has 0 bridgehead atoms. The number of hydrogen-bond donors (Lipinski definition) is 0. The lowest BCUT2D eigenvalue weighted by Crippen LogP contribution is -2.48. The molecule has 230 valence electrons. The highest BCUT2D eigenvalue weighted by atomic mass is 16.5. The van der Waals surface area contributed by atoms with Gasteiger partial charge in [0.05, 0.1) is 50.8 Å². The van der Waals surface area contributed by atoms with Gasteiger partial charge >= 0.3 is 0 Å². The van der Waals surface area contributed by atoms with Gasteiger partial charge in [-0.05, 0) is 101 Å². The number of ether oxygens (including phenoxy) is 2. The number of quaternary nitrogens is 1. The summed E-state index contributed by atoms with van der Waals surface area (Å²) in [6.07, 6.45) is 18.3. The van der Waals surface area contributed by atoms with E-state index in [-0.39, 0.29) is 0 Å². The number of nitrogens with zero attached hydrogens (tertiary/aromatic N) is 3. The highest BCUT2D eigenvalue weighted by Crippen LogP contribution is 2.23. The topological polar surface area (TPSA) is 43.2 Å². The molecule has 5 nitrogen and oxygen atoms in total.